The molecule has 1 saturated heterocycles. The van der Waals surface area contributed by atoms with E-state index < -0.39 is 0 Å². The Hall–Kier alpha value is -1.40. The lowest BCUT2D eigenvalue weighted by Gasteiger charge is -2.34. The third kappa shape index (κ3) is 7.24. The molecule has 1 rings (SSSR count). The van der Waals surface area contributed by atoms with E-state index in [4.69, 9.17) is 0 Å². The summed E-state index contributed by atoms with van der Waals surface area (Å²) in [7, 11) is 0. The van der Waals surface area contributed by atoms with Crippen LogP contribution in [0.5, 0.6) is 0 Å². The van der Waals surface area contributed by atoms with Gasteiger partial charge in [-0.25, -0.2) is 0 Å². The molecule has 2 N–H and O–H groups in total. The molecule has 1 atom stereocenters. The molecule has 1 unspecified atom stereocenters. The maximum Gasteiger partial charge on any atom is 0.234 e. The third-order valence-electron chi connectivity index (χ3n) is 3.66. The monoisotopic (exact) mass is 296 g/mol. The van der Waals surface area contributed by atoms with Crippen molar-refractivity contribution in [2.75, 3.05) is 45.8 Å². The maximum atomic E-state index is 11.8. The molecule has 0 spiro atoms. The number of carbonyl (C=O) groups is 2. The lowest BCUT2D eigenvalue weighted by Crippen LogP contribution is -2.52. The van der Waals surface area contributed by atoms with Crippen LogP contribution in [0.4, 0.5) is 0 Å². The molecule has 0 radical (unpaired) electrons. The van der Waals surface area contributed by atoms with E-state index in [1.807, 2.05) is 6.92 Å². The Labute approximate surface area is 127 Å². The van der Waals surface area contributed by atoms with Gasteiger partial charge in [-0.3, -0.25) is 19.4 Å². The van der Waals surface area contributed by atoms with Crippen molar-refractivity contribution in [2.45, 2.75) is 26.3 Å². The minimum Gasteiger partial charge on any atom is -0.353 e. The van der Waals surface area contributed by atoms with Gasteiger partial charge >= 0.3 is 0 Å². The van der Waals surface area contributed by atoms with Crippen molar-refractivity contribution in [3.63, 3.8) is 0 Å². The fraction of sp³-hybridized carbons (Fsp3) is 0.733. The summed E-state index contributed by atoms with van der Waals surface area (Å²) in [5, 5.41) is 5.75. The zero-order valence-corrected chi connectivity index (χ0v) is 13.2. The second-order valence-electron chi connectivity index (χ2n) is 5.52. The third-order valence-corrected chi connectivity index (χ3v) is 3.66. The van der Waals surface area contributed by atoms with Crippen molar-refractivity contribution in [1.82, 2.24) is 20.4 Å². The molecule has 1 aliphatic rings. The molecule has 0 aromatic heterocycles. The van der Waals surface area contributed by atoms with Crippen LogP contribution in [0.1, 0.15) is 20.3 Å². The minimum absolute atomic E-state index is 0.0258. The van der Waals surface area contributed by atoms with Crippen LogP contribution in [0.15, 0.2) is 12.7 Å². The van der Waals surface area contributed by atoms with E-state index in [0.29, 0.717) is 19.6 Å². The molecule has 6 heteroatoms. The number of nitrogens with zero attached hydrogens (tertiary/aromatic N) is 2. The van der Waals surface area contributed by atoms with E-state index in [-0.39, 0.29) is 17.9 Å². The molecular formula is C15H28N4O2. The van der Waals surface area contributed by atoms with Gasteiger partial charge in [0, 0.05) is 38.8 Å². The average Bonchev–Trinajstić information content (AvgIpc) is 2.47. The summed E-state index contributed by atoms with van der Waals surface area (Å²) in [4.78, 5) is 27.7. The van der Waals surface area contributed by atoms with Gasteiger partial charge in [0.25, 0.3) is 0 Å². The Morgan fingerprint density at radius 1 is 1.14 bits per heavy atom. The zero-order valence-electron chi connectivity index (χ0n) is 13.2. The van der Waals surface area contributed by atoms with Crippen LogP contribution in [0.25, 0.3) is 0 Å². The van der Waals surface area contributed by atoms with Crippen molar-refractivity contribution in [3.8, 4) is 0 Å². The fourth-order valence-corrected chi connectivity index (χ4v) is 2.18. The molecule has 0 aromatic carbocycles. The first-order valence-electron chi connectivity index (χ1n) is 7.66. The molecule has 120 valence electrons. The molecule has 6 nitrogen and oxygen atoms in total. The number of nitrogens with one attached hydrogen (secondary N) is 2. The molecule has 1 heterocycles. The number of piperazine rings is 1. The SMILES string of the molecule is C=CCNC(=O)CN1CCN(CC(=O)NC(C)CC)CC1. The first-order valence-corrected chi connectivity index (χ1v) is 7.66. The minimum atomic E-state index is 0.0258. The van der Waals surface area contributed by atoms with Crippen LogP contribution < -0.4 is 10.6 Å². The highest BCUT2D eigenvalue weighted by Crippen LogP contribution is 2.01. The van der Waals surface area contributed by atoms with Crippen molar-refractivity contribution in [3.05, 3.63) is 12.7 Å². The van der Waals surface area contributed by atoms with Crippen LogP contribution in [0.2, 0.25) is 0 Å². The van der Waals surface area contributed by atoms with Gasteiger partial charge in [0.2, 0.25) is 11.8 Å². The van der Waals surface area contributed by atoms with Crippen LogP contribution in [-0.2, 0) is 9.59 Å². The van der Waals surface area contributed by atoms with Gasteiger partial charge in [0.1, 0.15) is 0 Å². The maximum absolute atomic E-state index is 11.8. The molecule has 0 bridgehead atoms. The van der Waals surface area contributed by atoms with Crippen molar-refractivity contribution >= 4 is 11.8 Å². The van der Waals surface area contributed by atoms with Gasteiger partial charge in [0.15, 0.2) is 0 Å². The summed E-state index contributed by atoms with van der Waals surface area (Å²) in [5.41, 5.74) is 0. The first-order chi connectivity index (χ1) is 10.0. The van der Waals surface area contributed by atoms with Gasteiger partial charge in [-0.15, -0.1) is 6.58 Å². The standard InChI is InChI=1S/C15H28N4O2/c1-4-6-16-14(20)11-18-7-9-19(10-8-18)12-15(21)17-13(3)5-2/h4,13H,1,5-12H2,2-3H3,(H,16,20)(H,17,21). The molecule has 0 saturated carbocycles. The van der Waals surface area contributed by atoms with Gasteiger partial charge < -0.3 is 10.6 Å². The second-order valence-corrected chi connectivity index (χ2v) is 5.52. The summed E-state index contributed by atoms with van der Waals surface area (Å²) in [6, 6.07) is 0.229. The van der Waals surface area contributed by atoms with E-state index in [1.54, 1.807) is 6.08 Å². The normalized spacial score (nSPS) is 18.0. The van der Waals surface area contributed by atoms with Crippen molar-refractivity contribution in [2.24, 2.45) is 0 Å². The van der Waals surface area contributed by atoms with E-state index in [9.17, 15) is 9.59 Å². The van der Waals surface area contributed by atoms with E-state index >= 15 is 0 Å². The highest BCUT2D eigenvalue weighted by molar-refractivity contribution is 5.78. The molecule has 1 aliphatic heterocycles. The zero-order chi connectivity index (χ0) is 15.7. The fourth-order valence-electron chi connectivity index (χ4n) is 2.18. The molecule has 0 aliphatic carbocycles. The Morgan fingerprint density at radius 3 is 2.14 bits per heavy atom. The Bertz CT molecular complexity index is 352. The van der Waals surface area contributed by atoms with E-state index in [1.165, 1.54) is 0 Å². The first kappa shape index (κ1) is 17.7. The Balaban J connectivity index is 2.21. The molecule has 1 fully saturated rings. The van der Waals surface area contributed by atoms with Crippen LogP contribution in [0.3, 0.4) is 0 Å². The van der Waals surface area contributed by atoms with Gasteiger partial charge in [0.05, 0.1) is 13.1 Å². The second kappa shape index (κ2) is 9.52. The molecular weight excluding hydrogens is 268 g/mol. The highest BCUT2D eigenvalue weighted by atomic mass is 16.2. The highest BCUT2D eigenvalue weighted by Gasteiger charge is 2.20. The molecule has 21 heavy (non-hydrogen) atoms. The summed E-state index contributed by atoms with van der Waals surface area (Å²) in [5.74, 6) is 0.111. The quantitative estimate of drug-likeness (QED) is 0.610. The number of amides is 2. The van der Waals surface area contributed by atoms with Crippen LogP contribution >= 0.6 is 0 Å². The summed E-state index contributed by atoms with van der Waals surface area (Å²) < 4.78 is 0. The Morgan fingerprint density at radius 2 is 1.67 bits per heavy atom. The summed E-state index contributed by atoms with van der Waals surface area (Å²) in [6.45, 7) is 12.3. The van der Waals surface area contributed by atoms with Gasteiger partial charge in [-0.05, 0) is 13.3 Å². The number of hydrogen-bond donors (Lipinski definition) is 2. The summed E-state index contributed by atoms with van der Waals surface area (Å²) in [6.07, 6.45) is 2.62. The van der Waals surface area contributed by atoms with Gasteiger partial charge in [-0.2, -0.15) is 0 Å². The van der Waals surface area contributed by atoms with Gasteiger partial charge in [-0.1, -0.05) is 13.0 Å². The number of carbonyl (C=O) groups excluding carboxylic acids is 2. The van der Waals surface area contributed by atoms with Crippen molar-refractivity contribution < 1.29 is 9.59 Å². The largest absolute Gasteiger partial charge is 0.353 e. The average molecular weight is 296 g/mol. The van der Waals surface area contributed by atoms with E-state index in [2.05, 4.69) is 33.9 Å². The lowest BCUT2D eigenvalue weighted by molar-refractivity contribution is -0.125. The van der Waals surface area contributed by atoms with E-state index in [0.717, 1.165) is 32.6 Å². The number of hydrogen-bond acceptors (Lipinski definition) is 4. The predicted molar refractivity (Wildman–Crippen MR) is 84.0 cm³/mol. The van der Waals surface area contributed by atoms with Crippen molar-refractivity contribution in [1.29, 1.82) is 0 Å². The van der Waals surface area contributed by atoms with Crippen LogP contribution in [-0.4, -0.2) is 73.5 Å². The molecule has 2 amide bonds. The predicted octanol–water partition coefficient (Wildman–Crippen LogP) is -0.179. The smallest absolute Gasteiger partial charge is 0.234 e. The summed E-state index contributed by atoms with van der Waals surface area (Å²) >= 11 is 0. The lowest BCUT2D eigenvalue weighted by atomic mass is 10.2. The Kier molecular flexibility index (Phi) is 8.00. The molecule has 0 aromatic rings. The number of rotatable bonds is 8. The van der Waals surface area contributed by atoms with Crippen LogP contribution in [0, 0.1) is 0 Å². The topological polar surface area (TPSA) is 64.7 Å².